The van der Waals surface area contributed by atoms with E-state index in [2.05, 4.69) is 38.2 Å². The number of nitrogens with zero attached hydrogens (tertiary/aromatic N) is 3. The van der Waals surface area contributed by atoms with E-state index in [-0.39, 0.29) is 61.4 Å². The highest BCUT2D eigenvalue weighted by molar-refractivity contribution is 6.91. The number of hydrogen-bond donors (Lipinski definition) is 1. The van der Waals surface area contributed by atoms with E-state index in [9.17, 15) is 14.7 Å². The number of rotatable bonds is 9. The number of anilines is 3. The molecule has 12 heteroatoms. The Labute approximate surface area is 356 Å². The van der Waals surface area contributed by atoms with Gasteiger partial charge in [0.1, 0.15) is 11.5 Å². The monoisotopic (exact) mass is 841 g/mol. The van der Waals surface area contributed by atoms with E-state index in [0.29, 0.717) is 46.4 Å². The first-order valence-corrected chi connectivity index (χ1v) is 23.9. The summed E-state index contributed by atoms with van der Waals surface area (Å²) in [7, 11) is -0.915. The van der Waals surface area contributed by atoms with Crippen LogP contribution in [0.25, 0.3) is 0 Å². The van der Waals surface area contributed by atoms with Crippen LogP contribution in [-0.4, -0.2) is 68.3 Å². The summed E-state index contributed by atoms with van der Waals surface area (Å²) < 4.78 is 18.5. The Morgan fingerprint density at radius 3 is 2.37 bits per heavy atom. The molecule has 0 unspecified atom stereocenters. The fourth-order valence-corrected chi connectivity index (χ4v) is 14.5. The van der Waals surface area contributed by atoms with Gasteiger partial charge in [0.15, 0.2) is 12.2 Å². The molecule has 60 heavy (non-hydrogen) atoms. The summed E-state index contributed by atoms with van der Waals surface area (Å²) in [5.74, 6) is 0.561. The third-order valence-electron chi connectivity index (χ3n) is 13.3. The number of aliphatic hydroxyl groups is 1. The quantitative estimate of drug-likeness (QED) is 0.153. The Kier molecular flexibility index (Phi) is 10.3. The Morgan fingerprint density at radius 2 is 1.63 bits per heavy atom. The maximum Gasteiger partial charge on any atom is 0.269 e. The van der Waals surface area contributed by atoms with Gasteiger partial charge in [-0.2, -0.15) is 0 Å². The minimum absolute atomic E-state index is 0.0516. The van der Waals surface area contributed by atoms with Gasteiger partial charge in [-0.1, -0.05) is 97.5 Å². The van der Waals surface area contributed by atoms with Crippen molar-refractivity contribution in [2.75, 3.05) is 30.1 Å². The average molecular weight is 842 g/mol. The number of carbonyl (C=O) groups is 3. The summed E-state index contributed by atoms with van der Waals surface area (Å²) >= 11 is 6.76. The highest BCUT2D eigenvalue weighted by atomic mass is 35.5. The molecule has 3 amide bonds. The number of halogens is 1. The van der Waals surface area contributed by atoms with E-state index in [4.69, 9.17) is 25.8 Å². The lowest BCUT2D eigenvalue weighted by Gasteiger charge is -2.39. The van der Waals surface area contributed by atoms with Crippen LogP contribution in [0.3, 0.4) is 0 Å². The maximum absolute atomic E-state index is 15.4. The lowest BCUT2D eigenvalue weighted by Crippen LogP contribution is -2.52. The van der Waals surface area contributed by atoms with Crippen LogP contribution < -0.4 is 24.5 Å². The standard InChI is InChI=1S/C48H48ClN3O7Si/c1-30-46(60(3,4)38-20-18-37(57-2)19-21-38)43(25-44(54)50-27-33-10-6-5-9-32(33)23-36(50)28-53)59-48(30)39-24-34(49)15-22-40(39)51(47(48)56)26-31-13-16-35(17-14-31)52-41-11-7-8-12-42(41)58-29-45(52)55/h5-22,24,30,36,43,46,53H,23,25-29H2,1-4H3/t30-,36-,43+,46-,48+/m0/s1. The van der Waals surface area contributed by atoms with E-state index < -0.39 is 19.8 Å². The molecule has 0 bridgehead atoms. The molecule has 10 nitrogen and oxygen atoms in total. The Balaban J connectivity index is 1.07. The van der Waals surface area contributed by atoms with Crippen molar-refractivity contribution in [2.45, 2.75) is 69.2 Å². The van der Waals surface area contributed by atoms with Crippen LogP contribution in [0.15, 0.2) is 115 Å². The summed E-state index contributed by atoms with van der Waals surface area (Å²) in [6, 6.07) is 36.5. The molecule has 5 atom stereocenters. The van der Waals surface area contributed by atoms with Gasteiger partial charge in [-0.25, -0.2) is 0 Å². The number of hydrogen-bond acceptors (Lipinski definition) is 7. The summed E-state index contributed by atoms with van der Waals surface area (Å²) in [4.78, 5) is 48.4. The molecule has 4 heterocycles. The topological polar surface area (TPSA) is 109 Å². The summed E-state index contributed by atoms with van der Waals surface area (Å²) in [5.41, 5.74) is 4.25. The van der Waals surface area contributed by atoms with Gasteiger partial charge >= 0.3 is 0 Å². The first-order chi connectivity index (χ1) is 28.9. The minimum Gasteiger partial charge on any atom is -0.497 e. The van der Waals surface area contributed by atoms with Crippen LogP contribution in [0.2, 0.25) is 23.7 Å². The van der Waals surface area contributed by atoms with Crippen LogP contribution in [0.5, 0.6) is 11.5 Å². The van der Waals surface area contributed by atoms with Gasteiger partial charge in [0.25, 0.3) is 11.8 Å². The molecule has 1 fully saturated rings. The smallest absolute Gasteiger partial charge is 0.269 e. The predicted octanol–water partition coefficient (Wildman–Crippen LogP) is 7.50. The second-order valence-corrected chi connectivity index (χ2v) is 22.0. The van der Waals surface area contributed by atoms with Gasteiger partial charge in [0.05, 0.1) is 58.3 Å². The van der Waals surface area contributed by atoms with Gasteiger partial charge in [-0.15, -0.1) is 0 Å². The number of methoxy groups -OCH3 is 1. The Morgan fingerprint density at radius 1 is 0.917 bits per heavy atom. The normalized spacial score (nSPS) is 23.3. The van der Waals surface area contributed by atoms with Crippen LogP contribution in [-0.2, 0) is 44.2 Å². The molecule has 5 aromatic carbocycles. The second-order valence-electron chi connectivity index (χ2n) is 16.9. The van der Waals surface area contributed by atoms with E-state index >= 15 is 4.79 Å². The number of fused-ring (bicyclic) bond motifs is 4. The van der Waals surface area contributed by atoms with Crippen molar-refractivity contribution >= 4 is 59.6 Å². The largest absolute Gasteiger partial charge is 0.497 e. The summed E-state index contributed by atoms with van der Waals surface area (Å²) in [5, 5.41) is 12.2. The molecule has 0 aromatic heterocycles. The van der Waals surface area contributed by atoms with Gasteiger partial charge in [0, 0.05) is 28.7 Å². The predicted molar refractivity (Wildman–Crippen MR) is 234 cm³/mol. The third-order valence-corrected chi connectivity index (χ3v) is 17.9. The van der Waals surface area contributed by atoms with Crippen LogP contribution >= 0.6 is 11.6 Å². The van der Waals surface area contributed by atoms with Crippen molar-refractivity contribution in [1.29, 1.82) is 0 Å². The zero-order valence-electron chi connectivity index (χ0n) is 34.1. The van der Waals surface area contributed by atoms with Crippen LogP contribution in [0.1, 0.15) is 35.6 Å². The zero-order chi connectivity index (χ0) is 41.9. The van der Waals surface area contributed by atoms with Crippen molar-refractivity contribution < 1.29 is 33.7 Å². The minimum atomic E-state index is -2.56. The zero-order valence-corrected chi connectivity index (χ0v) is 35.9. The molecule has 308 valence electrons. The Bertz CT molecular complexity index is 2480. The summed E-state index contributed by atoms with van der Waals surface area (Å²) in [6.45, 7) is 7.11. The number of aliphatic hydroxyl groups excluding tert-OH is 1. The number of benzene rings is 5. The molecule has 1 spiro atoms. The number of amides is 3. The molecular formula is C48H48ClN3O7Si. The SMILES string of the molecule is COc1ccc([Si](C)(C)[C@@H]2[C@@H](CC(=O)N3Cc4ccccc4C[C@H]3CO)O[C@]3(C(=O)N(Cc4ccc(N5C(=O)COc6ccccc65)cc4)c4ccc(Cl)cc43)[C@H]2C)cc1. The van der Waals surface area contributed by atoms with E-state index in [1.54, 1.807) is 27.9 Å². The molecule has 0 radical (unpaired) electrons. The maximum atomic E-state index is 15.4. The van der Waals surface area contributed by atoms with E-state index in [1.807, 2.05) is 91.0 Å². The molecule has 4 aliphatic rings. The van der Waals surface area contributed by atoms with Crippen molar-refractivity contribution in [2.24, 2.45) is 5.92 Å². The molecule has 5 aromatic rings. The van der Waals surface area contributed by atoms with Gasteiger partial charge in [-0.3, -0.25) is 19.3 Å². The van der Waals surface area contributed by atoms with Crippen molar-refractivity contribution in [3.8, 4) is 11.5 Å². The lowest BCUT2D eigenvalue weighted by molar-refractivity contribution is -0.151. The number of ether oxygens (including phenoxy) is 3. The molecule has 0 aliphatic carbocycles. The van der Waals surface area contributed by atoms with E-state index in [1.165, 1.54) is 0 Å². The fourth-order valence-electron chi connectivity index (χ4n) is 10.3. The number of para-hydroxylation sites is 2. The molecule has 1 saturated heterocycles. The molecule has 0 saturated carbocycles. The highest BCUT2D eigenvalue weighted by Gasteiger charge is 2.66. The van der Waals surface area contributed by atoms with Crippen molar-refractivity contribution in [1.82, 2.24) is 4.90 Å². The summed E-state index contributed by atoms with van der Waals surface area (Å²) in [6.07, 6.45) is 0.00311. The van der Waals surface area contributed by atoms with Gasteiger partial charge in [-0.05, 0) is 83.2 Å². The first kappa shape index (κ1) is 40.0. The van der Waals surface area contributed by atoms with Crippen molar-refractivity contribution in [3.63, 3.8) is 0 Å². The highest BCUT2D eigenvalue weighted by Crippen LogP contribution is 2.60. The number of carbonyl (C=O) groups excluding carboxylic acids is 3. The molecular weight excluding hydrogens is 794 g/mol. The van der Waals surface area contributed by atoms with E-state index in [0.717, 1.165) is 27.6 Å². The first-order valence-electron chi connectivity index (χ1n) is 20.5. The van der Waals surface area contributed by atoms with Gasteiger partial charge < -0.3 is 29.1 Å². The lowest BCUT2D eigenvalue weighted by atomic mass is 9.82. The molecule has 1 N–H and O–H groups in total. The molecule has 9 rings (SSSR count). The third kappa shape index (κ3) is 6.59. The Hall–Kier alpha value is -5.46. The van der Waals surface area contributed by atoms with Gasteiger partial charge in [0.2, 0.25) is 5.91 Å². The molecule has 4 aliphatic heterocycles. The average Bonchev–Trinajstić information content (AvgIpc) is 3.68. The van der Waals surface area contributed by atoms with Crippen LogP contribution in [0, 0.1) is 5.92 Å². The second kappa shape index (κ2) is 15.5. The van der Waals surface area contributed by atoms with Crippen LogP contribution in [0.4, 0.5) is 17.1 Å². The van der Waals surface area contributed by atoms with Crippen molar-refractivity contribution in [3.05, 3.63) is 143 Å². The fraction of sp³-hybridized carbons (Fsp3) is 0.312.